The molecule has 5 nitrogen and oxygen atoms in total. The predicted octanol–water partition coefficient (Wildman–Crippen LogP) is 1.03. The van der Waals surface area contributed by atoms with Crippen molar-refractivity contribution in [1.29, 1.82) is 0 Å². The number of benzene rings is 1. The van der Waals surface area contributed by atoms with Gasteiger partial charge in [-0.1, -0.05) is 17.7 Å². The van der Waals surface area contributed by atoms with Crippen LogP contribution in [0.1, 0.15) is 18.1 Å². The van der Waals surface area contributed by atoms with Gasteiger partial charge in [0.25, 0.3) is 5.91 Å². The second kappa shape index (κ2) is 8.55. The lowest BCUT2D eigenvalue weighted by atomic mass is 10.0. The molecule has 0 fully saturated rings. The van der Waals surface area contributed by atoms with Crippen LogP contribution in [-0.4, -0.2) is 38.8 Å². The summed E-state index contributed by atoms with van der Waals surface area (Å²) in [7, 11) is 1.59. The molecule has 0 spiro atoms. The first kappa shape index (κ1) is 16.5. The maximum absolute atomic E-state index is 11.6. The quantitative estimate of drug-likeness (QED) is 0.697. The SMILES string of the molecule is COCCNC(=O)COc1ccc(C)cc1CC(C)N. The summed E-state index contributed by atoms with van der Waals surface area (Å²) in [6.07, 6.45) is 0.725. The molecule has 1 rings (SSSR count). The van der Waals surface area contributed by atoms with E-state index in [1.165, 1.54) is 0 Å². The average molecular weight is 280 g/mol. The van der Waals surface area contributed by atoms with Gasteiger partial charge in [-0.15, -0.1) is 0 Å². The van der Waals surface area contributed by atoms with Crippen molar-refractivity contribution in [3.8, 4) is 5.75 Å². The van der Waals surface area contributed by atoms with E-state index in [1.54, 1.807) is 7.11 Å². The molecule has 0 aromatic heterocycles. The number of carbonyl (C=O) groups excluding carboxylic acids is 1. The van der Waals surface area contributed by atoms with Gasteiger partial charge in [-0.05, 0) is 31.9 Å². The van der Waals surface area contributed by atoms with Crippen LogP contribution < -0.4 is 15.8 Å². The number of methoxy groups -OCH3 is 1. The van der Waals surface area contributed by atoms with E-state index in [2.05, 4.69) is 5.32 Å². The van der Waals surface area contributed by atoms with Crippen molar-refractivity contribution >= 4 is 5.91 Å². The highest BCUT2D eigenvalue weighted by Gasteiger charge is 2.09. The van der Waals surface area contributed by atoms with E-state index in [1.807, 2.05) is 32.0 Å². The lowest BCUT2D eigenvalue weighted by Gasteiger charge is -2.14. The number of hydrogen-bond donors (Lipinski definition) is 2. The maximum atomic E-state index is 11.6. The van der Waals surface area contributed by atoms with Gasteiger partial charge in [0.05, 0.1) is 6.61 Å². The summed E-state index contributed by atoms with van der Waals surface area (Å²) in [5.74, 6) is 0.559. The fraction of sp³-hybridized carbons (Fsp3) is 0.533. The lowest BCUT2D eigenvalue weighted by molar-refractivity contribution is -0.123. The Kier molecular flexibility index (Phi) is 7.04. The molecule has 1 aromatic carbocycles. The van der Waals surface area contributed by atoms with E-state index in [0.29, 0.717) is 13.2 Å². The highest BCUT2D eigenvalue weighted by molar-refractivity contribution is 5.77. The van der Waals surface area contributed by atoms with Crippen molar-refractivity contribution in [2.45, 2.75) is 26.3 Å². The van der Waals surface area contributed by atoms with Crippen molar-refractivity contribution in [2.24, 2.45) is 5.73 Å². The zero-order valence-electron chi connectivity index (χ0n) is 12.4. The van der Waals surface area contributed by atoms with Crippen molar-refractivity contribution < 1.29 is 14.3 Å². The number of nitrogens with one attached hydrogen (secondary N) is 1. The molecule has 5 heteroatoms. The Labute approximate surface area is 120 Å². The van der Waals surface area contributed by atoms with Gasteiger partial charge >= 0.3 is 0 Å². The highest BCUT2D eigenvalue weighted by atomic mass is 16.5. The molecular formula is C15H24N2O3. The van der Waals surface area contributed by atoms with Gasteiger partial charge in [0.1, 0.15) is 5.75 Å². The van der Waals surface area contributed by atoms with Crippen LogP contribution in [0.4, 0.5) is 0 Å². The number of rotatable bonds is 8. The van der Waals surface area contributed by atoms with Gasteiger partial charge in [0.15, 0.2) is 6.61 Å². The Hall–Kier alpha value is -1.59. The van der Waals surface area contributed by atoms with Crippen molar-refractivity contribution in [3.05, 3.63) is 29.3 Å². The molecule has 20 heavy (non-hydrogen) atoms. The van der Waals surface area contributed by atoms with Crippen molar-refractivity contribution in [1.82, 2.24) is 5.32 Å². The summed E-state index contributed by atoms with van der Waals surface area (Å²) < 4.78 is 10.4. The summed E-state index contributed by atoms with van der Waals surface area (Å²) in [4.78, 5) is 11.6. The Bertz CT molecular complexity index is 433. The van der Waals surface area contributed by atoms with Crippen LogP contribution in [0.3, 0.4) is 0 Å². The van der Waals surface area contributed by atoms with Gasteiger partial charge < -0.3 is 20.5 Å². The van der Waals surface area contributed by atoms with E-state index in [-0.39, 0.29) is 18.6 Å². The topological polar surface area (TPSA) is 73.6 Å². The van der Waals surface area contributed by atoms with E-state index < -0.39 is 0 Å². The van der Waals surface area contributed by atoms with Gasteiger partial charge in [0, 0.05) is 19.7 Å². The Morgan fingerprint density at radius 3 is 2.85 bits per heavy atom. The van der Waals surface area contributed by atoms with Gasteiger partial charge in [-0.25, -0.2) is 0 Å². The van der Waals surface area contributed by atoms with Crippen LogP contribution in [0.25, 0.3) is 0 Å². The largest absolute Gasteiger partial charge is 0.483 e. The smallest absolute Gasteiger partial charge is 0.258 e. The second-order valence-electron chi connectivity index (χ2n) is 4.92. The summed E-state index contributed by atoms with van der Waals surface area (Å²) in [6.45, 7) is 4.94. The number of nitrogens with two attached hydrogens (primary N) is 1. The summed E-state index contributed by atoms with van der Waals surface area (Å²) >= 11 is 0. The minimum atomic E-state index is -0.158. The molecule has 0 aliphatic rings. The summed E-state index contributed by atoms with van der Waals surface area (Å²) in [5.41, 5.74) is 8.01. The lowest BCUT2D eigenvalue weighted by Crippen LogP contribution is -2.31. The molecule has 0 aliphatic carbocycles. The molecule has 1 aromatic rings. The fourth-order valence-electron chi connectivity index (χ4n) is 1.84. The summed E-state index contributed by atoms with van der Waals surface area (Å²) in [6, 6.07) is 5.94. The molecule has 0 heterocycles. The van der Waals surface area contributed by atoms with Gasteiger partial charge in [-0.3, -0.25) is 4.79 Å². The molecule has 3 N–H and O–H groups in total. The zero-order valence-corrected chi connectivity index (χ0v) is 12.4. The normalized spacial score (nSPS) is 12.0. The first-order valence-electron chi connectivity index (χ1n) is 6.76. The van der Waals surface area contributed by atoms with Gasteiger partial charge in [0.2, 0.25) is 0 Å². The van der Waals surface area contributed by atoms with E-state index in [0.717, 1.165) is 23.3 Å². The van der Waals surface area contributed by atoms with Crippen LogP contribution in [-0.2, 0) is 16.0 Å². The first-order chi connectivity index (χ1) is 9.52. The van der Waals surface area contributed by atoms with Crippen molar-refractivity contribution in [3.63, 3.8) is 0 Å². The Morgan fingerprint density at radius 2 is 2.20 bits per heavy atom. The van der Waals surface area contributed by atoms with E-state index in [4.69, 9.17) is 15.2 Å². The molecule has 0 bridgehead atoms. The van der Waals surface area contributed by atoms with Crippen LogP contribution in [0.5, 0.6) is 5.75 Å². The minimum absolute atomic E-state index is 0.00126. The maximum Gasteiger partial charge on any atom is 0.258 e. The minimum Gasteiger partial charge on any atom is -0.483 e. The number of amides is 1. The molecule has 1 amide bonds. The molecule has 0 aliphatic heterocycles. The average Bonchev–Trinajstić information content (AvgIpc) is 2.37. The number of aryl methyl sites for hydroxylation is 1. The fourth-order valence-corrected chi connectivity index (χ4v) is 1.84. The molecule has 0 saturated heterocycles. The van der Waals surface area contributed by atoms with Crippen LogP contribution in [0.15, 0.2) is 18.2 Å². The molecule has 112 valence electrons. The van der Waals surface area contributed by atoms with E-state index >= 15 is 0 Å². The van der Waals surface area contributed by atoms with Gasteiger partial charge in [-0.2, -0.15) is 0 Å². The van der Waals surface area contributed by atoms with Crippen LogP contribution >= 0.6 is 0 Å². The van der Waals surface area contributed by atoms with Crippen LogP contribution in [0, 0.1) is 6.92 Å². The zero-order chi connectivity index (χ0) is 15.0. The number of carbonyl (C=O) groups is 1. The third kappa shape index (κ3) is 6.04. The molecular weight excluding hydrogens is 256 g/mol. The van der Waals surface area contributed by atoms with E-state index in [9.17, 15) is 4.79 Å². The third-order valence-electron chi connectivity index (χ3n) is 2.75. The third-order valence-corrected chi connectivity index (χ3v) is 2.75. The monoisotopic (exact) mass is 280 g/mol. The number of hydrogen-bond acceptors (Lipinski definition) is 4. The molecule has 1 unspecified atom stereocenters. The molecule has 1 atom stereocenters. The predicted molar refractivity (Wildman–Crippen MR) is 78.9 cm³/mol. The summed E-state index contributed by atoms with van der Waals surface area (Å²) in [5, 5.41) is 2.71. The standard InChI is InChI=1S/C15H24N2O3/c1-11-4-5-14(13(8-11)9-12(2)16)20-10-15(18)17-6-7-19-3/h4-5,8,12H,6-7,9-10,16H2,1-3H3,(H,17,18). The van der Waals surface area contributed by atoms with Crippen LogP contribution in [0.2, 0.25) is 0 Å². The Morgan fingerprint density at radius 1 is 1.45 bits per heavy atom. The second-order valence-corrected chi connectivity index (χ2v) is 4.92. The first-order valence-corrected chi connectivity index (χ1v) is 6.76. The molecule has 0 radical (unpaired) electrons. The number of ether oxygens (including phenoxy) is 2. The molecule has 0 saturated carbocycles. The highest BCUT2D eigenvalue weighted by Crippen LogP contribution is 2.21. The van der Waals surface area contributed by atoms with Crippen molar-refractivity contribution in [2.75, 3.05) is 26.9 Å². The Balaban J connectivity index is 2.56.